The molecule has 0 fully saturated rings. The molecule has 0 aliphatic carbocycles. The molecule has 9 heteroatoms. The quantitative estimate of drug-likeness (QED) is 0.253. The summed E-state index contributed by atoms with van der Waals surface area (Å²) in [4.78, 5) is 26.9. The van der Waals surface area contributed by atoms with Gasteiger partial charge in [0.25, 0.3) is 0 Å². The normalized spacial score (nSPS) is 10.9. The maximum Gasteiger partial charge on any atom is 0.407 e. The van der Waals surface area contributed by atoms with Crippen molar-refractivity contribution in [1.29, 1.82) is 0 Å². The Balaban J connectivity index is 1.67. The van der Waals surface area contributed by atoms with Crippen molar-refractivity contribution in [3.63, 3.8) is 0 Å². The average Bonchev–Trinajstić information content (AvgIpc) is 2.90. The van der Waals surface area contributed by atoms with Crippen molar-refractivity contribution in [2.75, 3.05) is 25.5 Å². The lowest BCUT2D eigenvalue weighted by Gasteiger charge is -2.24. The summed E-state index contributed by atoms with van der Waals surface area (Å²) < 4.78 is 16.8. The zero-order valence-electron chi connectivity index (χ0n) is 22.8. The molecule has 8 nitrogen and oxygen atoms in total. The van der Waals surface area contributed by atoms with Crippen LogP contribution in [0.3, 0.4) is 0 Å². The van der Waals surface area contributed by atoms with Gasteiger partial charge >= 0.3 is 12.1 Å². The monoisotopic (exact) mass is 553 g/mol. The van der Waals surface area contributed by atoms with Gasteiger partial charge < -0.3 is 29.7 Å². The number of hydrogen-bond donors (Lipinski definition) is 2. The molecule has 0 saturated carbocycles. The van der Waals surface area contributed by atoms with Gasteiger partial charge in [0.05, 0.1) is 7.11 Å². The Morgan fingerprint density at radius 3 is 2.31 bits per heavy atom. The average molecular weight is 554 g/mol. The lowest BCUT2D eigenvalue weighted by Crippen LogP contribution is -2.38. The molecule has 0 aliphatic rings. The molecule has 0 bridgehead atoms. The molecule has 0 aromatic heterocycles. The number of alkyl carbamates (subject to hydrolysis) is 1. The van der Waals surface area contributed by atoms with Crippen molar-refractivity contribution in [3.8, 4) is 11.5 Å². The summed E-state index contributed by atoms with van der Waals surface area (Å²) in [5.74, 6) is 1.19. The van der Waals surface area contributed by atoms with Crippen molar-refractivity contribution in [2.24, 2.45) is 0 Å². The number of methoxy groups -OCH3 is 1. The van der Waals surface area contributed by atoms with E-state index in [9.17, 15) is 9.59 Å². The van der Waals surface area contributed by atoms with Crippen LogP contribution in [0.2, 0.25) is 5.02 Å². The number of urea groups is 1. The summed E-state index contributed by atoms with van der Waals surface area (Å²) in [5.41, 5.74) is 1.97. The second-order valence-electron chi connectivity index (χ2n) is 9.90. The molecule has 0 radical (unpaired) electrons. The van der Waals surface area contributed by atoms with Crippen LogP contribution in [0.15, 0.2) is 72.8 Å². The molecule has 3 aromatic rings. The zero-order valence-corrected chi connectivity index (χ0v) is 23.6. The number of anilines is 1. The minimum atomic E-state index is -0.579. The summed E-state index contributed by atoms with van der Waals surface area (Å²) in [6.45, 7) is 6.90. The molecule has 0 heterocycles. The predicted molar refractivity (Wildman–Crippen MR) is 154 cm³/mol. The molecule has 3 amide bonds. The van der Waals surface area contributed by atoms with Gasteiger partial charge in [0, 0.05) is 30.3 Å². The third-order valence-corrected chi connectivity index (χ3v) is 5.75. The van der Waals surface area contributed by atoms with E-state index < -0.39 is 11.7 Å². The number of nitrogens with one attached hydrogen (secondary N) is 2. The van der Waals surface area contributed by atoms with E-state index in [-0.39, 0.29) is 6.03 Å². The van der Waals surface area contributed by atoms with Gasteiger partial charge in [0.1, 0.15) is 12.2 Å². The van der Waals surface area contributed by atoms with E-state index >= 15 is 0 Å². The number of halogens is 1. The first-order valence-electron chi connectivity index (χ1n) is 12.7. The van der Waals surface area contributed by atoms with Crippen LogP contribution in [-0.2, 0) is 17.9 Å². The first-order chi connectivity index (χ1) is 18.6. The molecule has 0 spiro atoms. The van der Waals surface area contributed by atoms with Gasteiger partial charge in [0.2, 0.25) is 0 Å². The van der Waals surface area contributed by atoms with Crippen molar-refractivity contribution in [3.05, 3.63) is 88.9 Å². The Morgan fingerprint density at radius 2 is 1.64 bits per heavy atom. The van der Waals surface area contributed by atoms with E-state index in [0.29, 0.717) is 54.9 Å². The van der Waals surface area contributed by atoms with Crippen LogP contribution in [0.5, 0.6) is 11.5 Å². The fraction of sp³-hybridized carbons (Fsp3) is 0.333. The maximum absolute atomic E-state index is 13.2. The lowest BCUT2D eigenvalue weighted by molar-refractivity contribution is 0.0526. The summed E-state index contributed by atoms with van der Waals surface area (Å²) in [5, 5.41) is 6.23. The first kappa shape index (κ1) is 29.6. The SMILES string of the molecule is COc1cc(CN(CCCNC(=O)OC(C)(C)C)C(=O)Nc2ccc(Cl)cc2)ccc1OCc1ccccc1. The van der Waals surface area contributed by atoms with Gasteiger partial charge in [-0.3, -0.25) is 0 Å². The van der Waals surface area contributed by atoms with Gasteiger partial charge in [-0.1, -0.05) is 48.0 Å². The Morgan fingerprint density at radius 1 is 0.923 bits per heavy atom. The second kappa shape index (κ2) is 14.3. The number of rotatable bonds is 11. The summed E-state index contributed by atoms with van der Waals surface area (Å²) in [6.07, 6.45) is 0.0402. The fourth-order valence-electron chi connectivity index (χ4n) is 3.65. The van der Waals surface area contributed by atoms with Gasteiger partial charge in [-0.05, 0) is 74.7 Å². The molecule has 39 heavy (non-hydrogen) atoms. The first-order valence-corrected chi connectivity index (χ1v) is 13.1. The van der Waals surface area contributed by atoms with E-state index in [1.807, 2.05) is 69.3 Å². The lowest BCUT2D eigenvalue weighted by atomic mass is 10.1. The highest BCUT2D eigenvalue weighted by molar-refractivity contribution is 6.30. The highest BCUT2D eigenvalue weighted by Crippen LogP contribution is 2.29. The van der Waals surface area contributed by atoms with Crippen molar-refractivity contribution < 1.29 is 23.8 Å². The maximum atomic E-state index is 13.2. The Hall–Kier alpha value is -3.91. The molecule has 0 saturated heterocycles. The van der Waals surface area contributed by atoms with Crippen LogP contribution in [0.4, 0.5) is 15.3 Å². The van der Waals surface area contributed by atoms with Crippen LogP contribution in [-0.4, -0.2) is 42.8 Å². The van der Waals surface area contributed by atoms with Gasteiger partial charge in [0.15, 0.2) is 11.5 Å². The molecule has 3 rings (SSSR count). The zero-order chi connectivity index (χ0) is 28.3. The molecular formula is C30H36ClN3O5. The van der Waals surface area contributed by atoms with E-state index in [0.717, 1.165) is 11.1 Å². The number of ether oxygens (including phenoxy) is 3. The van der Waals surface area contributed by atoms with Crippen LogP contribution >= 0.6 is 11.6 Å². The Labute approximate surface area is 235 Å². The van der Waals surface area contributed by atoms with Crippen LogP contribution in [0, 0.1) is 0 Å². The van der Waals surface area contributed by atoms with Gasteiger partial charge in [-0.25, -0.2) is 9.59 Å². The highest BCUT2D eigenvalue weighted by atomic mass is 35.5. The number of hydrogen-bond acceptors (Lipinski definition) is 5. The van der Waals surface area contributed by atoms with Crippen molar-refractivity contribution in [1.82, 2.24) is 10.2 Å². The Kier molecular flexibility index (Phi) is 10.9. The molecule has 0 unspecified atom stereocenters. The third-order valence-electron chi connectivity index (χ3n) is 5.49. The summed E-state index contributed by atoms with van der Waals surface area (Å²) >= 11 is 5.98. The molecule has 0 aliphatic heterocycles. The standard InChI is InChI=1S/C30H36ClN3O5/c1-30(2,3)39-29(36)32-17-8-18-34(28(35)33-25-14-12-24(31)13-15-25)20-23-11-16-26(27(19-23)37-4)38-21-22-9-6-5-7-10-22/h5-7,9-16,19H,8,17-18,20-21H2,1-4H3,(H,32,36)(H,33,35). The smallest absolute Gasteiger partial charge is 0.407 e. The topological polar surface area (TPSA) is 89.1 Å². The highest BCUT2D eigenvalue weighted by Gasteiger charge is 2.18. The fourth-order valence-corrected chi connectivity index (χ4v) is 3.77. The van der Waals surface area contributed by atoms with Gasteiger partial charge in [-0.2, -0.15) is 0 Å². The van der Waals surface area contributed by atoms with E-state index in [1.165, 1.54) is 0 Å². The van der Waals surface area contributed by atoms with Crippen LogP contribution in [0.25, 0.3) is 0 Å². The minimum absolute atomic E-state index is 0.280. The van der Waals surface area contributed by atoms with E-state index in [1.54, 1.807) is 36.3 Å². The number of amides is 3. The number of nitrogens with zero attached hydrogens (tertiary/aromatic N) is 1. The molecule has 208 valence electrons. The Bertz CT molecular complexity index is 1210. The van der Waals surface area contributed by atoms with Crippen LogP contribution in [0.1, 0.15) is 38.3 Å². The van der Waals surface area contributed by atoms with Crippen molar-refractivity contribution in [2.45, 2.75) is 45.9 Å². The van der Waals surface area contributed by atoms with Crippen LogP contribution < -0.4 is 20.1 Å². The predicted octanol–water partition coefficient (Wildman–Crippen LogP) is 6.88. The second-order valence-corrected chi connectivity index (χ2v) is 10.3. The number of benzene rings is 3. The minimum Gasteiger partial charge on any atom is -0.493 e. The van der Waals surface area contributed by atoms with E-state index in [4.69, 9.17) is 25.8 Å². The molecule has 2 N–H and O–H groups in total. The molecule has 0 atom stereocenters. The number of carbonyl (C=O) groups is 2. The van der Waals surface area contributed by atoms with Crippen molar-refractivity contribution >= 4 is 29.4 Å². The van der Waals surface area contributed by atoms with E-state index in [2.05, 4.69) is 10.6 Å². The molecular weight excluding hydrogens is 518 g/mol. The summed E-state index contributed by atoms with van der Waals surface area (Å²) in [6, 6.07) is 22.1. The largest absolute Gasteiger partial charge is 0.493 e. The molecule has 3 aromatic carbocycles. The number of carbonyl (C=O) groups excluding carboxylic acids is 2. The summed E-state index contributed by atoms with van der Waals surface area (Å²) in [7, 11) is 1.59. The van der Waals surface area contributed by atoms with Gasteiger partial charge in [-0.15, -0.1) is 0 Å². The third kappa shape index (κ3) is 10.4.